The maximum Gasteiger partial charge on any atom is 0.255 e. The summed E-state index contributed by atoms with van der Waals surface area (Å²) in [5, 5.41) is 8.87. The lowest BCUT2D eigenvalue weighted by Gasteiger charge is -2.35. The number of hydrogen-bond acceptors (Lipinski definition) is 8. The van der Waals surface area contributed by atoms with E-state index in [1.165, 1.54) is 0 Å². The summed E-state index contributed by atoms with van der Waals surface area (Å²) in [7, 11) is 3.70. The fourth-order valence-electron chi connectivity index (χ4n) is 3.64. The number of nitrogens with zero attached hydrogens (tertiary/aromatic N) is 7. The first-order valence-corrected chi connectivity index (χ1v) is 9.95. The second-order valence-corrected chi connectivity index (χ2v) is 7.41. The van der Waals surface area contributed by atoms with Crippen molar-refractivity contribution in [2.45, 2.75) is 0 Å². The van der Waals surface area contributed by atoms with Crippen molar-refractivity contribution in [1.82, 2.24) is 25.0 Å². The Morgan fingerprint density at radius 1 is 0.862 bits per heavy atom. The Kier molecular flexibility index (Phi) is 5.75. The number of amides is 1. The molecule has 29 heavy (non-hydrogen) atoms. The van der Waals surface area contributed by atoms with E-state index in [1.807, 2.05) is 17.0 Å². The summed E-state index contributed by atoms with van der Waals surface area (Å²) in [5.41, 5.74) is 0.579. The molecule has 1 amide bonds. The minimum atomic E-state index is -0.00342. The highest BCUT2D eigenvalue weighted by Gasteiger charge is 2.24. The monoisotopic (exact) mass is 397 g/mol. The number of rotatable bonds is 4. The molecule has 0 atom stereocenters. The van der Waals surface area contributed by atoms with E-state index in [0.29, 0.717) is 24.5 Å². The average molecular weight is 397 g/mol. The molecule has 0 saturated carbocycles. The van der Waals surface area contributed by atoms with Gasteiger partial charge in [-0.15, -0.1) is 10.2 Å². The molecule has 0 N–H and O–H groups in total. The number of likely N-dealkylation sites (N-methyl/N-ethyl adjacent to an activating group) is 1. The van der Waals surface area contributed by atoms with Crippen LogP contribution in [0.2, 0.25) is 0 Å². The predicted molar refractivity (Wildman–Crippen MR) is 111 cm³/mol. The maximum atomic E-state index is 12.7. The Labute approximate surface area is 170 Å². The van der Waals surface area contributed by atoms with Crippen LogP contribution in [0.5, 0.6) is 5.88 Å². The summed E-state index contributed by atoms with van der Waals surface area (Å²) >= 11 is 0. The van der Waals surface area contributed by atoms with Crippen LogP contribution >= 0.6 is 0 Å². The Morgan fingerprint density at radius 3 is 1.93 bits per heavy atom. The third-order valence-electron chi connectivity index (χ3n) is 5.55. The first-order chi connectivity index (χ1) is 14.1. The minimum absolute atomic E-state index is 0.00342. The number of pyridine rings is 1. The minimum Gasteiger partial charge on any atom is -0.481 e. The van der Waals surface area contributed by atoms with Gasteiger partial charge in [-0.3, -0.25) is 4.79 Å². The molecule has 154 valence electrons. The molecule has 0 unspecified atom stereocenters. The lowest BCUT2D eigenvalue weighted by molar-refractivity contribution is 0.0746. The predicted octanol–water partition coefficient (Wildman–Crippen LogP) is 0.594. The third-order valence-corrected chi connectivity index (χ3v) is 5.55. The smallest absolute Gasteiger partial charge is 0.255 e. The van der Waals surface area contributed by atoms with Crippen LogP contribution in [-0.4, -0.2) is 97.4 Å². The average Bonchev–Trinajstić information content (AvgIpc) is 2.79. The van der Waals surface area contributed by atoms with Gasteiger partial charge >= 0.3 is 0 Å². The number of methoxy groups -OCH3 is 1. The lowest BCUT2D eigenvalue weighted by atomic mass is 10.2. The van der Waals surface area contributed by atoms with Crippen LogP contribution in [0, 0.1) is 0 Å². The summed E-state index contributed by atoms with van der Waals surface area (Å²) in [6.07, 6.45) is 1.57. The molecule has 0 aliphatic carbocycles. The van der Waals surface area contributed by atoms with Gasteiger partial charge in [-0.2, -0.15) is 0 Å². The first-order valence-electron chi connectivity index (χ1n) is 9.95. The van der Waals surface area contributed by atoms with Gasteiger partial charge in [0.25, 0.3) is 5.91 Å². The zero-order chi connectivity index (χ0) is 20.2. The Hall–Kier alpha value is -2.94. The van der Waals surface area contributed by atoms with E-state index in [2.05, 4.69) is 36.9 Å². The van der Waals surface area contributed by atoms with Crippen molar-refractivity contribution < 1.29 is 9.53 Å². The highest BCUT2D eigenvalue weighted by Crippen LogP contribution is 2.18. The number of carbonyl (C=O) groups excluding carboxylic acids is 1. The van der Waals surface area contributed by atoms with Crippen LogP contribution in [0.4, 0.5) is 11.6 Å². The Balaban J connectivity index is 1.32. The van der Waals surface area contributed by atoms with Crippen LogP contribution in [0.1, 0.15) is 10.4 Å². The fourth-order valence-corrected chi connectivity index (χ4v) is 3.64. The lowest BCUT2D eigenvalue weighted by Crippen LogP contribution is -2.49. The van der Waals surface area contributed by atoms with Gasteiger partial charge in [0, 0.05) is 64.6 Å². The molecule has 9 nitrogen and oxygen atoms in total. The van der Waals surface area contributed by atoms with Crippen molar-refractivity contribution in [3.63, 3.8) is 0 Å². The summed E-state index contributed by atoms with van der Waals surface area (Å²) in [6, 6.07) is 7.55. The number of aromatic nitrogens is 3. The maximum absolute atomic E-state index is 12.7. The Bertz CT molecular complexity index is 812. The molecule has 0 aromatic carbocycles. The van der Waals surface area contributed by atoms with Crippen molar-refractivity contribution in [1.29, 1.82) is 0 Å². The van der Waals surface area contributed by atoms with E-state index in [9.17, 15) is 4.79 Å². The van der Waals surface area contributed by atoms with E-state index < -0.39 is 0 Å². The number of hydrogen-bond donors (Lipinski definition) is 0. The highest BCUT2D eigenvalue weighted by atomic mass is 16.5. The highest BCUT2D eigenvalue weighted by molar-refractivity contribution is 5.94. The standard InChI is InChI=1S/C20H27N7O2/c1-24-7-9-25(10-8-24)17-4-5-18(23-22-17)26-11-13-27(14-12-26)20(28)16-3-6-19(29-2)21-15-16/h3-6,15H,7-14H2,1-2H3. The van der Waals surface area contributed by atoms with Gasteiger partial charge < -0.3 is 24.3 Å². The molecule has 4 rings (SSSR count). The molecule has 2 saturated heterocycles. The quantitative estimate of drug-likeness (QED) is 0.742. The van der Waals surface area contributed by atoms with Crippen LogP contribution in [-0.2, 0) is 0 Å². The number of anilines is 2. The van der Waals surface area contributed by atoms with Crippen LogP contribution < -0.4 is 14.5 Å². The Morgan fingerprint density at radius 2 is 1.45 bits per heavy atom. The first kappa shape index (κ1) is 19.4. The van der Waals surface area contributed by atoms with Crippen molar-refractivity contribution >= 4 is 17.5 Å². The molecule has 0 bridgehead atoms. The van der Waals surface area contributed by atoms with Gasteiger partial charge in [0.05, 0.1) is 12.7 Å². The molecule has 2 aromatic rings. The molecular formula is C20H27N7O2. The molecule has 2 aliphatic heterocycles. The summed E-state index contributed by atoms with van der Waals surface area (Å²) < 4.78 is 5.05. The second-order valence-electron chi connectivity index (χ2n) is 7.41. The van der Waals surface area contributed by atoms with E-state index in [-0.39, 0.29) is 5.91 Å². The summed E-state index contributed by atoms with van der Waals surface area (Å²) in [4.78, 5) is 25.4. The van der Waals surface area contributed by atoms with Gasteiger partial charge in [-0.05, 0) is 25.2 Å². The van der Waals surface area contributed by atoms with Gasteiger partial charge in [0.15, 0.2) is 11.6 Å². The van der Waals surface area contributed by atoms with Crippen molar-refractivity contribution in [2.75, 3.05) is 76.3 Å². The molecular weight excluding hydrogens is 370 g/mol. The topological polar surface area (TPSA) is 77.9 Å². The number of ether oxygens (including phenoxy) is 1. The molecule has 4 heterocycles. The third kappa shape index (κ3) is 4.40. The largest absolute Gasteiger partial charge is 0.481 e. The van der Waals surface area contributed by atoms with Crippen LogP contribution in [0.15, 0.2) is 30.5 Å². The molecule has 2 fully saturated rings. The normalized spacial score (nSPS) is 18.1. The van der Waals surface area contributed by atoms with Crippen molar-refractivity contribution in [3.05, 3.63) is 36.0 Å². The van der Waals surface area contributed by atoms with Gasteiger partial charge in [-0.25, -0.2) is 4.98 Å². The van der Waals surface area contributed by atoms with Gasteiger partial charge in [-0.1, -0.05) is 0 Å². The summed E-state index contributed by atoms with van der Waals surface area (Å²) in [6.45, 7) is 6.80. The SMILES string of the molecule is COc1ccc(C(=O)N2CCN(c3ccc(N4CCN(C)CC4)nn3)CC2)cn1. The number of carbonyl (C=O) groups is 1. The summed E-state index contributed by atoms with van der Waals surface area (Å²) in [5.74, 6) is 2.30. The van der Waals surface area contributed by atoms with E-state index in [4.69, 9.17) is 4.74 Å². The molecule has 0 radical (unpaired) electrons. The van der Waals surface area contributed by atoms with Crippen LogP contribution in [0.3, 0.4) is 0 Å². The molecule has 9 heteroatoms. The number of piperazine rings is 2. The zero-order valence-corrected chi connectivity index (χ0v) is 17.0. The van der Waals surface area contributed by atoms with Gasteiger partial charge in [0.1, 0.15) is 0 Å². The fraction of sp³-hybridized carbons (Fsp3) is 0.500. The molecule has 0 spiro atoms. The molecule has 2 aromatic heterocycles. The zero-order valence-electron chi connectivity index (χ0n) is 17.0. The second kappa shape index (κ2) is 8.60. The van der Waals surface area contributed by atoms with Crippen molar-refractivity contribution in [3.8, 4) is 5.88 Å². The van der Waals surface area contributed by atoms with Crippen LogP contribution in [0.25, 0.3) is 0 Å². The van der Waals surface area contributed by atoms with Gasteiger partial charge in [0.2, 0.25) is 5.88 Å². The van der Waals surface area contributed by atoms with E-state index >= 15 is 0 Å². The van der Waals surface area contributed by atoms with E-state index in [0.717, 1.165) is 50.9 Å². The van der Waals surface area contributed by atoms with Crippen molar-refractivity contribution in [2.24, 2.45) is 0 Å². The van der Waals surface area contributed by atoms with E-state index in [1.54, 1.807) is 25.4 Å². The molecule has 2 aliphatic rings.